The molecule has 0 aliphatic carbocycles. The highest BCUT2D eigenvalue weighted by Gasteiger charge is 2.13. The molecule has 0 aromatic rings. The normalized spacial score (nSPS) is 19.7. The number of hydrogen-bond acceptors (Lipinski definition) is 4. The smallest absolute Gasteiger partial charge is 0.231 e. The molecular weight excluding hydrogens is 230 g/mol. The van der Waals surface area contributed by atoms with Gasteiger partial charge in [-0.2, -0.15) is 0 Å². The molecule has 1 aliphatic rings. The van der Waals surface area contributed by atoms with Gasteiger partial charge in [0.15, 0.2) is 0 Å². The summed E-state index contributed by atoms with van der Waals surface area (Å²) in [6, 6.07) is 0. The van der Waals surface area contributed by atoms with Crippen LogP contribution in [0.3, 0.4) is 0 Å². The van der Waals surface area contributed by atoms with Gasteiger partial charge in [-0.1, -0.05) is 19.8 Å². The predicted octanol–water partition coefficient (Wildman–Crippen LogP) is 0.296. The van der Waals surface area contributed by atoms with Crippen LogP contribution in [0.2, 0.25) is 0 Å². The number of nitrogens with zero attached hydrogens (tertiary/aromatic N) is 2. The van der Waals surface area contributed by atoms with Crippen LogP contribution in [0.4, 0.5) is 0 Å². The van der Waals surface area contributed by atoms with Gasteiger partial charge < -0.3 is 10.5 Å². The highest BCUT2D eigenvalue weighted by atomic mass is 16.5. The second kappa shape index (κ2) is 9.30. The Morgan fingerprint density at radius 2 is 2.17 bits per heavy atom. The summed E-state index contributed by atoms with van der Waals surface area (Å²) in [4.78, 5) is 15.0. The van der Waals surface area contributed by atoms with E-state index in [4.69, 9.17) is 13.2 Å². The zero-order chi connectivity index (χ0) is 15.0. The van der Waals surface area contributed by atoms with E-state index in [-0.39, 0.29) is 6.54 Å². The quantitative estimate of drug-likeness (QED) is 0.647. The second-order valence-electron chi connectivity index (χ2n) is 4.60. The summed E-state index contributed by atoms with van der Waals surface area (Å²) in [5.41, 5.74) is 5.25. The first-order valence-corrected chi connectivity index (χ1v) is 6.79. The maximum Gasteiger partial charge on any atom is 0.231 e. The molecule has 0 saturated carbocycles. The second-order valence-corrected chi connectivity index (χ2v) is 4.60. The minimum Gasteiger partial charge on any atom is -0.379 e. The van der Waals surface area contributed by atoms with Crippen molar-refractivity contribution in [1.29, 1.82) is 0 Å². The molecule has 18 heavy (non-hydrogen) atoms. The monoisotopic (exact) mass is 259 g/mol. The minimum atomic E-state index is -1.47. The number of rotatable bonds is 9. The number of morpholine rings is 1. The molecule has 0 unspecified atom stereocenters. The molecule has 0 aromatic heterocycles. The topological polar surface area (TPSA) is 58.8 Å². The summed E-state index contributed by atoms with van der Waals surface area (Å²) in [7, 11) is 0. The van der Waals surface area contributed by atoms with E-state index >= 15 is 0 Å². The molecule has 0 bridgehead atoms. The van der Waals surface area contributed by atoms with Gasteiger partial charge in [-0.3, -0.25) is 14.6 Å². The van der Waals surface area contributed by atoms with E-state index in [2.05, 4.69) is 4.90 Å². The summed E-state index contributed by atoms with van der Waals surface area (Å²) in [5.74, 6) is -0.479. The van der Waals surface area contributed by atoms with E-state index in [0.717, 1.165) is 45.7 Å². The fourth-order valence-electron chi connectivity index (χ4n) is 1.90. The van der Waals surface area contributed by atoms with Crippen LogP contribution in [0.1, 0.15) is 28.9 Å². The first-order valence-electron chi connectivity index (χ1n) is 7.79. The van der Waals surface area contributed by atoms with Crippen LogP contribution < -0.4 is 5.73 Å². The van der Waals surface area contributed by atoms with Crippen molar-refractivity contribution in [3.8, 4) is 0 Å². The third kappa shape index (κ3) is 6.93. The van der Waals surface area contributed by atoms with Crippen molar-refractivity contribution in [2.45, 2.75) is 26.2 Å². The van der Waals surface area contributed by atoms with Gasteiger partial charge in [-0.15, -0.1) is 0 Å². The van der Waals surface area contributed by atoms with E-state index in [1.54, 1.807) is 4.90 Å². The number of amides is 1. The Hall–Kier alpha value is -0.650. The van der Waals surface area contributed by atoms with E-state index in [1.807, 2.05) is 6.92 Å². The van der Waals surface area contributed by atoms with Crippen molar-refractivity contribution >= 4 is 5.91 Å². The van der Waals surface area contributed by atoms with Gasteiger partial charge in [-0.25, -0.2) is 0 Å². The van der Waals surface area contributed by atoms with Gasteiger partial charge in [0.25, 0.3) is 0 Å². The van der Waals surface area contributed by atoms with E-state index in [0.29, 0.717) is 13.0 Å². The SMILES string of the molecule is [2H]C([2H])(CCCC)N(CCN1CCOCC1)CC(N)=O. The molecule has 1 aliphatic heterocycles. The van der Waals surface area contributed by atoms with Gasteiger partial charge in [0.05, 0.1) is 19.8 Å². The molecular formula is C13H27N3O2. The zero-order valence-electron chi connectivity index (χ0n) is 13.4. The maximum atomic E-state index is 11.2. The first kappa shape index (κ1) is 12.4. The van der Waals surface area contributed by atoms with Crippen molar-refractivity contribution < 1.29 is 12.3 Å². The number of carbonyl (C=O) groups is 1. The molecule has 1 amide bonds. The van der Waals surface area contributed by atoms with Crippen LogP contribution in [-0.4, -0.2) is 68.1 Å². The lowest BCUT2D eigenvalue weighted by Crippen LogP contribution is -2.43. The summed E-state index contributed by atoms with van der Waals surface area (Å²) >= 11 is 0. The predicted molar refractivity (Wildman–Crippen MR) is 72.4 cm³/mol. The minimum absolute atomic E-state index is 0.0267. The number of unbranched alkanes of at least 4 members (excludes halogenated alkanes) is 1. The molecule has 1 heterocycles. The van der Waals surface area contributed by atoms with Crippen molar-refractivity contribution in [1.82, 2.24) is 9.80 Å². The Morgan fingerprint density at radius 3 is 2.78 bits per heavy atom. The van der Waals surface area contributed by atoms with Crippen molar-refractivity contribution in [3.63, 3.8) is 0 Å². The Kier molecular flexibility index (Phi) is 6.40. The Balaban J connectivity index is 2.51. The van der Waals surface area contributed by atoms with Crippen LogP contribution in [0.15, 0.2) is 0 Å². The summed E-state index contributed by atoms with van der Waals surface area (Å²) in [6.45, 7) is 4.95. The average Bonchev–Trinajstić information content (AvgIpc) is 2.42. The average molecular weight is 259 g/mol. The number of ether oxygens (including phenoxy) is 1. The summed E-state index contributed by atoms with van der Waals surface area (Å²) in [5, 5.41) is 0. The highest BCUT2D eigenvalue weighted by Crippen LogP contribution is 2.01. The van der Waals surface area contributed by atoms with Crippen LogP contribution in [0, 0.1) is 0 Å². The Morgan fingerprint density at radius 1 is 1.44 bits per heavy atom. The van der Waals surface area contributed by atoms with Gasteiger partial charge in [0, 0.05) is 28.9 Å². The third-order valence-corrected chi connectivity index (χ3v) is 3.00. The Labute approximate surface area is 113 Å². The fourth-order valence-corrected chi connectivity index (χ4v) is 1.90. The molecule has 1 saturated heterocycles. The number of hydrogen-bond donors (Lipinski definition) is 1. The number of nitrogens with two attached hydrogens (primary N) is 1. The lowest BCUT2D eigenvalue weighted by atomic mass is 10.2. The molecule has 0 atom stereocenters. The van der Waals surface area contributed by atoms with Crippen molar-refractivity contribution in [2.24, 2.45) is 5.73 Å². The standard InChI is InChI=1S/C13H27N3O2/c1-2-3-4-5-16(12-13(14)17)7-6-15-8-10-18-11-9-15/h2-12H2,1H3,(H2,14,17)/i5D2. The fraction of sp³-hybridized carbons (Fsp3) is 0.923. The zero-order valence-corrected chi connectivity index (χ0v) is 11.4. The molecule has 5 nitrogen and oxygen atoms in total. The Bertz CT molecular complexity index is 297. The molecule has 0 aromatic carbocycles. The molecule has 2 N–H and O–H groups in total. The van der Waals surface area contributed by atoms with E-state index in [9.17, 15) is 4.79 Å². The van der Waals surface area contributed by atoms with Crippen molar-refractivity contribution in [3.05, 3.63) is 0 Å². The maximum absolute atomic E-state index is 11.2. The van der Waals surface area contributed by atoms with Crippen LogP contribution >= 0.6 is 0 Å². The lowest BCUT2D eigenvalue weighted by molar-refractivity contribution is -0.119. The van der Waals surface area contributed by atoms with E-state index < -0.39 is 12.4 Å². The van der Waals surface area contributed by atoms with Crippen LogP contribution in [0.25, 0.3) is 0 Å². The molecule has 1 fully saturated rings. The highest BCUT2D eigenvalue weighted by molar-refractivity contribution is 5.75. The summed E-state index contributed by atoms with van der Waals surface area (Å²) in [6.07, 6.45) is 2.17. The molecule has 0 radical (unpaired) electrons. The van der Waals surface area contributed by atoms with Crippen LogP contribution in [-0.2, 0) is 9.53 Å². The first-order chi connectivity index (χ1) is 9.45. The largest absolute Gasteiger partial charge is 0.379 e. The molecule has 106 valence electrons. The number of carbonyl (C=O) groups excluding carboxylic acids is 1. The lowest BCUT2D eigenvalue weighted by Gasteiger charge is -2.29. The van der Waals surface area contributed by atoms with Gasteiger partial charge in [0.1, 0.15) is 0 Å². The van der Waals surface area contributed by atoms with Crippen LogP contribution in [0.5, 0.6) is 0 Å². The molecule has 5 heteroatoms. The number of primary amides is 1. The molecule has 1 rings (SSSR count). The van der Waals surface area contributed by atoms with E-state index in [1.165, 1.54) is 0 Å². The van der Waals surface area contributed by atoms with Gasteiger partial charge in [0.2, 0.25) is 5.91 Å². The molecule has 0 spiro atoms. The third-order valence-electron chi connectivity index (χ3n) is 3.00. The van der Waals surface area contributed by atoms with Gasteiger partial charge >= 0.3 is 0 Å². The van der Waals surface area contributed by atoms with Crippen molar-refractivity contribution in [2.75, 3.05) is 52.4 Å². The summed E-state index contributed by atoms with van der Waals surface area (Å²) < 4.78 is 21.6. The van der Waals surface area contributed by atoms with Gasteiger partial charge in [-0.05, 0) is 12.9 Å².